The molecule has 9 heteroatoms. The second-order valence-corrected chi connectivity index (χ2v) is 10.4. The second kappa shape index (κ2) is 12.2. The van der Waals surface area contributed by atoms with Gasteiger partial charge in [-0.2, -0.15) is 4.31 Å². The summed E-state index contributed by atoms with van der Waals surface area (Å²) in [7, 11) is -3.64. The highest BCUT2D eigenvalue weighted by molar-refractivity contribution is 7.89. The third-order valence-corrected chi connectivity index (χ3v) is 7.67. The standard InChI is InChI=1S/C25H35N3O5S/c1-3-14-27(18-20-10-6-7-11-23(20)29)19-25(30)26-22-17-21(12-13-24(22)33-4-2)34(31,32)28-15-8-5-9-16-28/h6-7,10-13,17,29H,3-5,8-9,14-16,18-19H2,1-2H3,(H,26,30). The van der Waals surface area contributed by atoms with Crippen LogP contribution in [0.3, 0.4) is 0 Å². The largest absolute Gasteiger partial charge is 0.508 e. The van der Waals surface area contributed by atoms with Crippen LogP contribution in [0.25, 0.3) is 0 Å². The number of benzene rings is 2. The van der Waals surface area contributed by atoms with Crippen molar-refractivity contribution < 1.29 is 23.1 Å². The predicted molar refractivity (Wildman–Crippen MR) is 133 cm³/mol. The number of rotatable bonds is 11. The predicted octanol–water partition coefficient (Wildman–Crippen LogP) is 3.82. The van der Waals surface area contributed by atoms with Crippen LogP contribution in [0.15, 0.2) is 47.4 Å². The minimum Gasteiger partial charge on any atom is -0.508 e. The molecule has 0 aromatic heterocycles. The topological polar surface area (TPSA) is 99.2 Å². The first-order valence-corrected chi connectivity index (χ1v) is 13.3. The first-order valence-electron chi connectivity index (χ1n) is 11.9. The average molecular weight is 490 g/mol. The Hall–Kier alpha value is -2.62. The molecule has 0 radical (unpaired) electrons. The Kier molecular flexibility index (Phi) is 9.32. The van der Waals surface area contributed by atoms with Gasteiger partial charge in [0.1, 0.15) is 11.5 Å². The Balaban J connectivity index is 1.78. The van der Waals surface area contributed by atoms with E-state index in [1.807, 2.05) is 30.9 Å². The molecule has 1 heterocycles. The van der Waals surface area contributed by atoms with Crippen molar-refractivity contribution in [2.75, 3.05) is 38.1 Å². The van der Waals surface area contributed by atoms with E-state index in [2.05, 4.69) is 5.32 Å². The highest BCUT2D eigenvalue weighted by Gasteiger charge is 2.27. The van der Waals surface area contributed by atoms with E-state index in [9.17, 15) is 18.3 Å². The summed E-state index contributed by atoms with van der Waals surface area (Å²) in [6.07, 6.45) is 3.58. The summed E-state index contributed by atoms with van der Waals surface area (Å²) in [5, 5.41) is 13.0. The molecule has 8 nitrogen and oxygen atoms in total. The molecule has 1 saturated heterocycles. The van der Waals surface area contributed by atoms with Crippen molar-refractivity contribution in [2.24, 2.45) is 0 Å². The van der Waals surface area contributed by atoms with Gasteiger partial charge in [-0.05, 0) is 57.0 Å². The molecule has 0 bridgehead atoms. The molecular weight excluding hydrogens is 454 g/mol. The highest BCUT2D eigenvalue weighted by atomic mass is 32.2. The number of anilines is 1. The summed E-state index contributed by atoms with van der Waals surface area (Å²) in [4.78, 5) is 15.1. The normalized spacial score (nSPS) is 14.8. The molecule has 0 spiro atoms. The number of sulfonamides is 1. The van der Waals surface area contributed by atoms with Crippen LogP contribution in [0.4, 0.5) is 5.69 Å². The number of carbonyl (C=O) groups is 1. The van der Waals surface area contributed by atoms with E-state index < -0.39 is 10.0 Å². The number of amides is 1. The van der Waals surface area contributed by atoms with Crippen molar-refractivity contribution in [3.8, 4) is 11.5 Å². The van der Waals surface area contributed by atoms with Crippen LogP contribution in [0.1, 0.15) is 45.1 Å². The van der Waals surface area contributed by atoms with Gasteiger partial charge < -0.3 is 15.2 Å². The van der Waals surface area contributed by atoms with Gasteiger partial charge in [-0.25, -0.2) is 8.42 Å². The van der Waals surface area contributed by atoms with Crippen molar-refractivity contribution in [2.45, 2.75) is 51.0 Å². The van der Waals surface area contributed by atoms with Gasteiger partial charge >= 0.3 is 0 Å². The van der Waals surface area contributed by atoms with Crippen molar-refractivity contribution >= 4 is 21.6 Å². The lowest BCUT2D eigenvalue weighted by Crippen LogP contribution is -2.35. The van der Waals surface area contributed by atoms with E-state index in [0.717, 1.165) is 31.2 Å². The third kappa shape index (κ3) is 6.71. The number of phenolic OH excluding ortho intramolecular Hbond substituents is 1. The molecule has 1 fully saturated rings. The fourth-order valence-electron chi connectivity index (χ4n) is 4.11. The number of aromatic hydroxyl groups is 1. The van der Waals surface area contributed by atoms with Gasteiger partial charge in [-0.15, -0.1) is 0 Å². The van der Waals surface area contributed by atoms with E-state index in [-0.39, 0.29) is 23.1 Å². The lowest BCUT2D eigenvalue weighted by Gasteiger charge is -2.26. The number of carbonyl (C=O) groups excluding carboxylic acids is 1. The van der Waals surface area contributed by atoms with Crippen LogP contribution in [0, 0.1) is 0 Å². The molecule has 0 atom stereocenters. The number of hydrogen-bond acceptors (Lipinski definition) is 6. The minimum atomic E-state index is -3.64. The zero-order valence-corrected chi connectivity index (χ0v) is 20.8. The highest BCUT2D eigenvalue weighted by Crippen LogP contribution is 2.30. The lowest BCUT2D eigenvalue weighted by molar-refractivity contribution is -0.117. The molecule has 0 unspecified atom stereocenters. The third-order valence-electron chi connectivity index (χ3n) is 5.77. The molecule has 2 N–H and O–H groups in total. The van der Waals surface area contributed by atoms with Gasteiger partial charge in [-0.1, -0.05) is 31.5 Å². The quantitative estimate of drug-likeness (QED) is 0.498. The molecule has 186 valence electrons. The molecule has 0 aliphatic carbocycles. The van der Waals surface area contributed by atoms with Crippen LogP contribution >= 0.6 is 0 Å². The number of para-hydroxylation sites is 1. The van der Waals surface area contributed by atoms with Gasteiger partial charge in [0, 0.05) is 25.2 Å². The Labute approximate surface area is 202 Å². The summed E-state index contributed by atoms with van der Waals surface area (Å²) in [6, 6.07) is 11.7. The van der Waals surface area contributed by atoms with Crippen LogP contribution in [0.2, 0.25) is 0 Å². The van der Waals surface area contributed by atoms with Gasteiger partial charge in [0.2, 0.25) is 15.9 Å². The number of piperidine rings is 1. The molecule has 1 amide bonds. The molecular formula is C25H35N3O5S. The maximum absolute atomic E-state index is 13.1. The first-order chi connectivity index (χ1) is 16.3. The van der Waals surface area contributed by atoms with Gasteiger partial charge in [-0.3, -0.25) is 9.69 Å². The van der Waals surface area contributed by atoms with Crippen molar-refractivity contribution in [3.05, 3.63) is 48.0 Å². The van der Waals surface area contributed by atoms with Crippen LogP contribution in [0.5, 0.6) is 11.5 Å². The molecule has 34 heavy (non-hydrogen) atoms. The molecule has 1 aliphatic heterocycles. The summed E-state index contributed by atoms with van der Waals surface area (Å²) in [6.45, 7) is 6.45. The zero-order valence-electron chi connectivity index (χ0n) is 20.0. The first kappa shape index (κ1) is 26.0. The van der Waals surface area contributed by atoms with Gasteiger partial charge in [0.25, 0.3) is 0 Å². The number of nitrogens with one attached hydrogen (secondary N) is 1. The van der Waals surface area contributed by atoms with Crippen molar-refractivity contribution in [1.29, 1.82) is 0 Å². The Morgan fingerprint density at radius 1 is 1.12 bits per heavy atom. The van der Waals surface area contributed by atoms with Crippen LogP contribution in [-0.4, -0.2) is 61.4 Å². The fraction of sp³-hybridized carbons (Fsp3) is 0.480. The average Bonchev–Trinajstić information content (AvgIpc) is 2.82. The van der Waals surface area contributed by atoms with E-state index in [0.29, 0.717) is 44.2 Å². The minimum absolute atomic E-state index is 0.0941. The Morgan fingerprint density at radius 2 is 1.85 bits per heavy atom. The van der Waals surface area contributed by atoms with E-state index in [1.54, 1.807) is 18.2 Å². The lowest BCUT2D eigenvalue weighted by atomic mass is 10.2. The number of ether oxygens (including phenoxy) is 1. The summed E-state index contributed by atoms with van der Waals surface area (Å²) in [5.41, 5.74) is 1.08. The smallest absolute Gasteiger partial charge is 0.243 e. The summed E-state index contributed by atoms with van der Waals surface area (Å²) in [5.74, 6) is 0.340. The Morgan fingerprint density at radius 3 is 2.53 bits per heavy atom. The summed E-state index contributed by atoms with van der Waals surface area (Å²) < 4.78 is 33.4. The fourth-order valence-corrected chi connectivity index (χ4v) is 5.66. The van der Waals surface area contributed by atoms with Gasteiger partial charge in [0.15, 0.2) is 0 Å². The van der Waals surface area contributed by atoms with E-state index in [4.69, 9.17) is 4.74 Å². The maximum Gasteiger partial charge on any atom is 0.243 e. The summed E-state index contributed by atoms with van der Waals surface area (Å²) >= 11 is 0. The molecule has 3 rings (SSSR count). The SMILES string of the molecule is CCCN(CC(=O)Nc1cc(S(=O)(=O)N2CCCCC2)ccc1OCC)Cc1ccccc1O. The Bertz CT molecular complexity index is 1070. The van der Waals surface area contributed by atoms with Crippen LogP contribution in [-0.2, 0) is 21.4 Å². The number of phenols is 1. The molecule has 1 aliphatic rings. The van der Waals surface area contributed by atoms with E-state index >= 15 is 0 Å². The molecule has 2 aromatic carbocycles. The van der Waals surface area contributed by atoms with E-state index in [1.165, 1.54) is 16.4 Å². The number of hydrogen-bond donors (Lipinski definition) is 2. The molecule has 2 aromatic rings. The molecule has 0 saturated carbocycles. The zero-order chi connectivity index (χ0) is 24.6. The van der Waals surface area contributed by atoms with Crippen molar-refractivity contribution in [3.63, 3.8) is 0 Å². The van der Waals surface area contributed by atoms with Crippen LogP contribution < -0.4 is 10.1 Å². The number of nitrogens with zero attached hydrogens (tertiary/aromatic N) is 2. The maximum atomic E-state index is 13.1. The monoisotopic (exact) mass is 489 g/mol. The van der Waals surface area contributed by atoms with Crippen molar-refractivity contribution in [1.82, 2.24) is 9.21 Å². The second-order valence-electron chi connectivity index (χ2n) is 8.44. The van der Waals surface area contributed by atoms with Gasteiger partial charge in [0.05, 0.1) is 23.7 Å².